The number of hydrogen-bond donors (Lipinski definition) is 2. The van der Waals surface area contributed by atoms with Crippen LogP contribution in [0.15, 0.2) is 12.7 Å². The highest BCUT2D eigenvalue weighted by molar-refractivity contribution is 7.53. The minimum absolute atomic E-state index is 0.0930. The molecule has 0 amide bonds. The minimum atomic E-state index is -3.16. The molecule has 4 heterocycles. The van der Waals surface area contributed by atoms with Crippen LogP contribution in [0.1, 0.15) is 6.23 Å². The monoisotopic (exact) mass is 327 g/mol. The average Bonchev–Trinajstić information content (AvgIpc) is 3.01. The first-order valence-electron chi connectivity index (χ1n) is 6.63. The van der Waals surface area contributed by atoms with Crippen LogP contribution < -0.4 is 5.73 Å². The van der Waals surface area contributed by atoms with Crippen LogP contribution in [-0.4, -0.2) is 56.2 Å². The van der Waals surface area contributed by atoms with Gasteiger partial charge in [0.05, 0.1) is 12.9 Å². The van der Waals surface area contributed by atoms with E-state index < -0.39 is 32.1 Å². The summed E-state index contributed by atoms with van der Waals surface area (Å²) in [4.78, 5) is 12.1. The van der Waals surface area contributed by atoms with Crippen LogP contribution in [0.3, 0.4) is 0 Å². The van der Waals surface area contributed by atoms with Crippen LogP contribution in [0.25, 0.3) is 11.2 Å². The van der Waals surface area contributed by atoms with E-state index in [9.17, 15) is 9.67 Å². The van der Waals surface area contributed by atoms with E-state index >= 15 is 0 Å². The van der Waals surface area contributed by atoms with E-state index in [0.717, 1.165) is 0 Å². The Morgan fingerprint density at radius 3 is 3.09 bits per heavy atom. The molecule has 2 aromatic rings. The molecule has 11 heteroatoms. The maximum Gasteiger partial charge on any atom is 0.328 e. The molecule has 2 aliphatic rings. The lowest BCUT2D eigenvalue weighted by Gasteiger charge is -2.29. The van der Waals surface area contributed by atoms with Crippen molar-refractivity contribution in [3.05, 3.63) is 12.7 Å². The molecule has 4 rings (SSSR count). The van der Waals surface area contributed by atoms with Crippen molar-refractivity contribution >= 4 is 24.6 Å². The fourth-order valence-electron chi connectivity index (χ4n) is 2.73. The number of nitrogens with two attached hydrogens (primary N) is 1. The summed E-state index contributed by atoms with van der Waals surface area (Å²) in [6, 6.07) is 0. The summed E-state index contributed by atoms with van der Waals surface area (Å²) in [6.45, 7) is 1.46. The Morgan fingerprint density at radius 1 is 1.45 bits per heavy atom. The van der Waals surface area contributed by atoms with E-state index in [-0.39, 0.29) is 12.4 Å². The van der Waals surface area contributed by atoms with Crippen LogP contribution in [0.4, 0.5) is 5.82 Å². The topological polar surface area (TPSA) is 135 Å². The van der Waals surface area contributed by atoms with Crippen molar-refractivity contribution in [2.24, 2.45) is 0 Å². The highest BCUT2D eigenvalue weighted by Gasteiger charge is 2.51. The summed E-state index contributed by atoms with van der Waals surface area (Å²) < 4.78 is 29.7. The molecule has 2 aliphatic heterocycles. The predicted octanol–water partition coefficient (Wildman–Crippen LogP) is -0.0949. The van der Waals surface area contributed by atoms with Crippen molar-refractivity contribution in [2.75, 3.05) is 19.0 Å². The lowest BCUT2D eigenvalue weighted by atomic mass is 10.1. The number of nitrogens with zero attached hydrogens (tertiary/aromatic N) is 4. The molecule has 0 saturated carbocycles. The fourth-order valence-corrected chi connectivity index (χ4v) is 3.91. The van der Waals surface area contributed by atoms with Gasteiger partial charge >= 0.3 is 7.60 Å². The van der Waals surface area contributed by atoms with Gasteiger partial charge in [-0.1, -0.05) is 0 Å². The van der Waals surface area contributed by atoms with Crippen molar-refractivity contribution in [2.45, 2.75) is 24.5 Å². The van der Waals surface area contributed by atoms with Gasteiger partial charge in [-0.15, -0.1) is 0 Å². The van der Waals surface area contributed by atoms with E-state index in [4.69, 9.17) is 19.5 Å². The van der Waals surface area contributed by atoms with Gasteiger partial charge in [-0.3, -0.25) is 13.7 Å². The molecule has 0 radical (unpaired) electrons. The van der Waals surface area contributed by atoms with Crippen molar-refractivity contribution in [1.29, 1.82) is 0 Å². The molecule has 118 valence electrons. The molecule has 5 atom stereocenters. The molecule has 0 aromatic carbocycles. The smallest absolute Gasteiger partial charge is 0.328 e. The molecule has 2 fully saturated rings. The Hall–Kier alpha value is -1.58. The zero-order valence-corrected chi connectivity index (χ0v) is 12.5. The van der Waals surface area contributed by atoms with Crippen molar-refractivity contribution in [3.8, 4) is 0 Å². The predicted molar refractivity (Wildman–Crippen MR) is 74.0 cm³/mol. The molecule has 0 bridgehead atoms. The van der Waals surface area contributed by atoms with Gasteiger partial charge < -0.3 is 20.1 Å². The Balaban J connectivity index is 1.71. The minimum Gasteiger partial charge on any atom is -0.386 e. The average molecular weight is 327 g/mol. The fraction of sp³-hybridized carbons (Fsp3) is 0.545. The number of rotatable bonds is 1. The van der Waals surface area contributed by atoms with Gasteiger partial charge in [-0.25, -0.2) is 15.0 Å². The van der Waals surface area contributed by atoms with Crippen molar-refractivity contribution in [3.63, 3.8) is 0 Å². The van der Waals surface area contributed by atoms with Gasteiger partial charge in [-0.2, -0.15) is 0 Å². The van der Waals surface area contributed by atoms with Gasteiger partial charge in [0.1, 0.15) is 30.2 Å². The normalized spacial score (nSPS) is 38.3. The Morgan fingerprint density at radius 2 is 2.27 bits per heavy atom. The molecule has 3 N–H and O–H groups in total. The number of ether oxygens (including phenoxy) is 1. The standard InChI is InChI=1S/C11H14N5O5P/c1-22(18)19-2-5-8(21-22)7(17)11(20-5)16-4-15-6-9(12)13-3-14-10(6)16/h3-5,7-8,11,17H,2H2,1H3,(H2,12,13,14)/t5-,7-,8-,11-,22?/m1/s1. The van der Waals surface area contributed by atoms with Crippen molar-refractivity contribution < 1.29 is 23.5 Å². The molecule has 2 saturated heterocycles. The second kappa shape index (κ2) is 4.71. The molecular formula is C11H14N5O5P. The first-order valence-corrected chi connectivity index (χ1v) is 8.62. The quantitative estimate of drug-likeness (QED) is 0.688. The molecule has 10 nitrogen and oxygen atoms in total. The van der Waals surface area contributed by atoms with Gasteiger partial charge in [0.15, 0.2) is 17.7 Å². The van der Waals surface area contributed by atoms with E-state index in [1.165, 1.54) is 19.3 Å². The first kappa shape index (κ1) is 14.0. The van der Waals surface area contributed by atoms with Crippen molar-refractivity contribution in [1.82, 2.24) is 19.5 Å². The van der Waals surface area contributed by atoms with E-state index in [2.05, 4.69) is 15.0 Å². The summed E-state index contributed by atoms with van der Waals surface area (Å²) in [7, 11) is -3.16. The van der Waals surface area contributed by atoms with Gasteiger partial charge in [0.25, 0.3) is 0 Å². The maximum atomic E-state index is 11.9. The Kier molecular flexibility index (Phi) is 3.00. The SMILES string of the molecule is CP1(=O)OC[C@H]2O[C@@H](n3cnc4c(N)ncnc43)[C@H](O)[C@@H]2O1. The van der Waals surface area contributed by atoms with E-state index in [0.29, 0.717) is 11.2 Å². The lowest BCUT2D eigenvalue weighted by Crippen LogP contribution is -2.39. The van der Waals surface area contributed by atoms with Crippen LogP contribution in [0.5, 0.6) is 0 Å². The van der Waals surface area contributed by atoms with Gasteiger partial charge in [0, 0.05) is 6.66 Å². The van der Waals surface area contributed by atoms with Crippen LogP contribution in [0.2, 0.25) is 0 Å². The molecule has 1 unspecified atom stereocenters. The third kappa shape index (κ3) is 2.03. The van der Waals surface area contributed by atoms with E-state index in [1.54, 1.807) is 4.57 Å². The maximum absolute atomic E-state index is 11.9. The summed E-state index contributed by atoms with van der Waals surface area (Å²) in [5.74, 6) is 0.242. The molecule has 2 aromatic heterocycles. The lowest BCUT2D eigenvalue weighted by molar-refractivity contribution is -0.0578. The summed E-state index contributed by atoms with van der Waals surface area (Å²) in [5, 5.41) is 10.5. The second-order valence-electron chi connectivity index (χ2n) is 5.28. The van der Waals surface area contributed by atoms with Crippen LogP contribution in [0, 0.1) is 0 Å². The zero-order chi connectivity index (χ0) is 15.5. The molecular weight excluding hydrogens is 313 g/mol. The first-order chi connectivity index (χ1) is 10.5. The molecule has 22 heavy (non-hydrogen) atoms. The number of imidazole rings is 1. The largest absolute Gasteiger partial charge is 0.386 e. The molecule has 0 spiro atoms. The number of aliphatic hydroxyl groups excluding tert-OH is 1. The third-order valence-electron chi connectivity index (χ3n) is 3.76. The Labute approximate surface area is 124 Å². The number of aromatic nitrogens is 4. The zero-order valence-electron chi connectivity index (χ0n) is 11.6. The van der Waals surface area contributed by atoms with Crippen LogP contribution in [-0.2, 0) is 18.3 Å². The number of fused-ring (bicyclic) bond motifs is 2. The van der Waals surface area contributed by atoms with Crippen LogP contribution >= 0.6 is 7.60 Å². The number of hydrogen-bond acceptors (Lipinski definition) is 9. The highest BCUT2D eigenvalue weighted by atomic mass is 31.2. The Bertz CT molecular complexity index is 781. The van der Waals surface area contributed by atoms with E-state index in [1.807, 2.05) is 0 Å². The molecule has 0 aliphatic carbocycles. The second-order valence-corrected chi connectivity index (χ2v) is 7.29. The van der Waals surface area contributed by atoms with Gasteiger partial charge in [0.2, 0.25) is 0 Å². The van der Waals surface area contributed by atoms with Gasteiger partial charge in [-0.05, 0) is 0 Å². The summed E-state index contributed by atoms with van der Waals surface area (Å²) >= 11 is 0. The third-order valence-corrected chi connectivity index (χ3v) is 5.00. The number of anilines is 1. The summed E-state index contributed by atoms with van der Waals surface area (Å²) in [5.41, 5.74) is 6.61. The number of aliphatic hydroxyl groups is 1. The number of nitrogen functional groups attached to an aromatic ring is 1. The highest BCUT2D eigenvalue weighted by Crippen LogP contribution is 2.52. The summed E-state index contributed by atoms with van der Waals surface area (Å²) in [6.07, 6.45) is -0.283.